The molecule has 0 spiro atoms. The van der Waals surface area contributed by atoms with Crippen LogP contribution in [0.2, 0.25) is 0 Å². The average Bonchev–Trinajstić information content (AvgIpc) is 3.74. The molecule has 1 aliphatic carbocycles. The molecular formula is C36H36N6O5. The molecule has 0 unspecified atom stereocenters. The van der Waals surface area contributed by atoms with E-state index in [1.807, 2.05) is 45.8 Å². The van der Waals surface area contributed by atoms with Gasteiger partial charge >= 0.3 is 11.9 Å². The van der Waals surface area contributed by atoms with Gasteiger partial charge in [0, 0.05) is 23.2 Å². The number of carbonyl (C=O) groups is 2. The fourth-order valence-electron chi connectivity index (χ4n) is 7.25. The van der Waals surface area contributed by atoms with Gasteiger partial charge in [-0.2, -0.15) is 0 Å². The van der Waals surface area contributed by atoms with E-state index in [-0.39, 0.29) is 29.5 Å². The number of H-pyrrole nitrogens is 1. The summed E-state index contributed by atoms with van der Waals surface area (Å²) in [6.07, 6.45) is 4.45. The zero-order valence-electron chi connectivity index (χ0n) is 26.4. The SMILES string of the molecule is CCCc1c(Cc2ccc(-c3ccccc3-c3nnn[nH]3)cc2)c(=O)n2n1C1(C(=O)Oc3ccccc3C(=O)OCC)CCC2CC1. The Hall–Kier alpha value is -5.32. The van der Waals surface area contributed by atoms with Gasteiger partial charge in [0.2, 0.25) is 0 Å². The van der Waals surface area contributed by atoms with Crippen molar-refractivity contribution in [1.29, 1.82) is 0 Å². The number of rotatable bonds is 10. The van der Waals surface area contributed by atoms with Crippen LogP contribution in [0.5, 0.6) is 5.75 Å². The summed E-state index contributed by atoms with van der Waals surface area (Å²) in [5.41, 5.74) is 4.59. The summed E-state index contributed by atoms with van der Waals surface area (Å²) in [5, 5.41) is 14.4. The summed E-state index contributed by atoms with van der Waals surface area (Å²) >= 11 is 0. The molecule has 0 saturated heterocycles. The number of hydrogen-bond donors (Lipinski definition) is 1. The Morgan fingerprint density at radius 1 is 0.957 bits per heavy atom. The first-order chi connectivity index (χ1) is 22.9. The van der Waals surface area contributed by atoms with Gasteiger partial charge in [0.15, 0.2) is 11.4 Å². The standard InChI is InChI=1S/C36H36N6O5/c1-3-9-30-29(22-23-14-16-24(17-15-23)26-10-5-6-11-27(26)32-37-39-40-38-32)33(43)41-25-18-20-36(21-19-25,42(30)41)35(45)47-31-13-8-7-12-28(31)34(44)46-4-2/h5-8,10-17,25H,3-4,9,18-22H2,1-2H3,(H,37,38,39,40). The van der Waals surface area contributed by atoms with Crippen LogP contribution in [0.1, 0.15) is 79.2 Å². The van der Waals surface area contributed by atoms with Crippen molar-refractivity contribution < 1.29 is 19.1 Å². The van der Waals surface area contributed by atoms with Crippen molar-refractivity contribution in [2.24, 2.45) is 0 Å². The minimum atomic E-state index is -1.04. The second-order valence-electron chi connectivity index (χ2n) is 12.2. The maximum absolute atomic E-state index is 14.2. The van der Waals surface area contributed by atoms with E-state index in [1.54, 1.807) is 31.2 Å². The third kappa shape index (κ3) is 5.25. The van der Waals surface area contributed by atoms with Gasteiger partial charge in [-0.15, -0.1) is 5.10 Å². The summed E-state index contributed by atoms with van der Waals surface area (Å²) in [6, 6.07) is 22.8. The van der Waals surface area contributed by atoms with Gasteiger partial charge in [0.25, 0.3) is 5.56 Å². The molecule has 0 radical (unpaired) electrons. The minimum absolute atomic E-state index is 0.0257. The zero-order valence-corrected chi connectivity index (χ0v) is 26.4. The molecule has 1 fully saturated rings. The van der Waals surface area contributed by atoms with Gasteiger partial charge < -0.3 is 9.47 Å². The molecule has 3 aliphatic rings. The van der Waals surface area contributed by atoms with Crippen LogP contribution in [0.3, 0.4) is 0 Å². The van der Waals surface area contributed by atoms with Gasteiger partial charge in [0.1, 0.15) is 11.3 Å². The second kappa shape index (κ2) is 12.5. The van der Waals surface area contributed by atoms with Crippen LogP contribution in [0.25, 0.3) is 22.5 Å². The highest BCUT2D eigenvalue weighted by atomic mass is 16.6. The predicted molar refractivity (Wildman–Crippen MR) is 174 cm³/mol. The molecule has 0 amide bonds. The van der Waals surface area contributed by atoms with Crippen molar-refractivity contribution in [3.05, 3.63) is 106 Å². The lowest BCUT2D eigenvalue weighted by Gasteiger charge is -2.47. The van der Waals surface area contributed by atoms with E-state index in [0.29, 0.717) is 49.9 Å². The first-order valence-electron chi connectivity index (χ1n) is 16.2. The number of esters is 2. The van der Waals surface area contributed by atoms with Crippen molar-refractivity contribution in [3.63, 3.8) is 0 Å². The Morgan fingerprint density at radius 2 is 1.68 bits per heavy atom. The molecule has 240 valence electrons. The van der Waals surface area contributed by atoms with E-state index >= 15 is 0 Å². The highest BCUT2D eigenvalue weighted by Gasteiger charge is 2.53. The number of benzene rings is 3. The van der Waals surface area contributed by atoms with E-state index in [9.17, 15) is 14.4 Å². The van der Waals surface area contributed by atoms with Gasteiger partial charge in [0.05, 0.1) is 12.6 Å². The largest absolute Gasteiger partial charge is 0.462 e. The Labute approximate surface area is 271 Å². The van der Waals surface area contributed by atoms with Crippen LogP contribution in [0.4, 0.5) is 0 Å². The monoisotopic (exact) mass is 632 g/mol. The topological polar surface area (TPSA) is 134 Å². The van der Waals surface area contributed by atoms with E-state index in [0.717, 1.165) is 34.4 Å². The Kier molecular flexibility index (Phi) is 8.05. The smallest absolute Gasteiger partial charge is 0.341 e. The number of aromatic nitrogens is 6. The molecule has 11 nitrogen and oxygen atoms in total. The fraction of sp³-hybridized carbons (Fsp3) is 0.333. The number of nitrogens with zero attached hydrogens (tertiary/aromatic N) is 5. The lowest BCUT2D eigenvalue weighted by atomic mass is 9.77. The third-order valence-electron chi connectivity index (χ3n) is 9.44. The third-order valence-corrected chi connectivity index (χ3v) is 9.44. The van der Waals surface area contributed by atoms with Gasteiger partial charge in [-0.1, -0.05) is 74.0 Å². The summed E-state index contributed by atoms with van der Waals surface area (Å²) in [5.74, 6) is -0.243. The highest BCUT2D eigenvalue weighted by Crippen LogP contribution is 2.47. The number of ether oxygens (including phenoxy) is 2. The van der Waals surface area contributed by atoms with Crippen LogP contribution < -0.4 is 10.3 Å². The Balaban J connectivity index is 1.23. The van der Waals surface area contributed by atoms with Crippen LogP contribution >= 0.6 is 0 Å². The molecule has 2 aromatic heterocycles. The minimum Gasteiger partial charge on any atom is -0.462 e. The average molecular weight is 633 g/mol. The lowest BCUT2D eigenvalue weighted by Crippen LogP contribution is -2.56. The van der Waals surface area contributed by atoms with Crippen LogP contribution in [0, 0.1) is 0 Å². The van der Waals surface area contributed by atoms with Crippen LogP contribution in [0.15, 0.2) is 77.6 Å². The molecule has 4 heterocycles. The van der Waals surface area contributed by atoms with Crippen LogP contribution in [-0.2, 0) is 27.9 Å². The Bertz CT molecular complexity index is 1980. The number of tetrazole rings is 1. The maximum Gasteiger partial charge on any atom is 0.341 e. The van der Waals surface area contributed by atoms with E-state index in [1.165, 1.54) is 0 Å². The van der Waals surface area contributed by atoms with Gasteiger partial charge in [-0.25, -0.2) is 19.4 Å². The van der Waals surface area contributed by atoms with Crippen molar-refractivity contribution in [3.8, 4) is 28.3 Å². The first-order valence-corrected chi connectivity index (χ1v) is 16.2. The number of para-hydroxylation sites is 1. The van der Waals surface area contributed by atoms with E-state index in [4.69, 9.17) is 9.47 Å². The molecule has 1 saturated carbocycles. The van der Waals surface area contributed by atoms with Crippen LogP contribution in [-0.4, -0.2) is 48.5 Å². The number of carbonyl (C=O) groups excluding carboxylic acids is 2. The highest BCUT2D eigenvalue weighted by molar-refractivity contribution is 5.94. The summed E-state index contributed by atoms with van der Waals surface area (Å²) in [4.78, 5) is 41.1. The molecule has 0 atom stereocenters. The number of nitrogens with one attached hydrogen (secondary N) is 1. The maximum atomic E-state index is 14.2. The van der Waals surface area contributed by atoms with E-state index in [2.05, 4.69) is 39.7 Å². The number of fused-ring (bicyclic) bond motifs is 2. The Morgan fingerprint density at radius 3 is 2.38 bits per heavy atom. The van der Waals surface area contributed by atoms with Gasteiger partial charge in [-0.3, -0.25) is 9.48 Å². The molecular weight excluding hydrogens is 596 g/mol. The second-order valence-corrected chi connectivity index (χ2v) is 12.2. The zero-order chi connectivity index (χ0) is 32.5. The number of hydrogen-bond acceptors (Lipinski definition) is 8. The lowest BCUT2D eigenvalue weighted by molar-refractivity contribution is -0.152. The first kappa shape index (κ1) is 30.3. The van der Waals surface area contributed by atoms with Crippen molar-refractivity contribution >= 4 is 11.9 Å². The fourth-order valence-corrected chi connectivity index (χ4v) is 7.25. The molecule has 8 rings (SSSR count). The normalized spacial score (nSPS) is 18.1. The van der Waals surface area contributed by atoms with Crippen molar-refractivity contribution in [2.45, 2.75) is 70.4 Å². The number of aromatic amines is 1. The predicted octanol–water partition coefficient (Wildman–Crippen LogP) is 5.65. The quantitative estimate of drug-likeness (QED) is 0.154. The summed E-state index contributed by atoms with van der Waals surface area (Å²) in [6.45, 7) is 4.02. The van der Waals surface area contributed by atoms with Crippen molar-refractivity contribution in [2.75, 3.05) is 6.61 Å². The molecule has 2 aliphatic heterocycles. The molecule has 47 heavy (non-hydrogen) atoms. The molecule has 3 aromatic carbocycles. The molecule has 1 N–H and O–H groups in total. The molecule has 11 heteroatoms. The summed E-state index contributed by atoms with van der Waals surface area (Å²) < 4.78 is 15.0. The molecule has 5 aromatic rings. The van der Waals surface area contributed by atoms with Crippen molar-refractivity contribution in [1.82, 2.24) is 30.0 Å². The summed E-state index contributed by atoms with van der Waals surface area (Å²) in [7, 11) is 0. The van der Waals surface area contributed by atoms with Gasteiger partial charge in [-0.05, 0) is 78.3 Å². The van der Waals surface area contributed by atoms with E-state index < -0.39 is 17.5 Å². The molecule has 2 bridgehead atoms.